The van der Waals surface area contributed by atoms with Crippen LogP contribution >= 0.6 is 0 Å². The van der Waals surface area contributed by atoms with Crippen LogP contribution in [0.5, 0.6) is 5.75 Å². The normalized spacial score (nSPS) is 11.6. The summed E-state index contributed by atoms with van der Waals surface area (Å²) in [6, 6.07) is 7.75. The molecule has 0 saturated carbocycles. The summed E-state index contributed by atoms with van der Waals surface area (Å²) in [6.45, 7) is 4.19. The van der Waals surface area contributed by atoms with Crippen LogP contribution in [0.25, 0.3) is 0 Å². The maximum Gasteiger partial charge on any atom is 0.235 e. The zero-order chi connectivity index (χ0) is 10.4. The van der Waals surface area contributed by atoms with E-state index in [9.17, 15) is 4.79 Å². The molecule has 3 nitrogen and oxygen atoms in total. The molecule has 0 spiro atoms. The van der Waals surface area contributed by atoms with Gasteiger partial charge in [0.05, 0.1) is 6.54 Å². The Hall–Kier alpha value is -1.60. The fourth-order valence-corrected chi connectivity index (χ4v) is 1.11. The van der Waals surface area contributed by atoms with Crippen molar-refractivity contribution in [1.29, 1.82) is 0 Å². The summed E-state index contributed by atoms with van der Waals surface area (Å²) < 4.78 is 5.57. The summed E-state index contributed by atoms with van der Waals surface area (Å²) in [6.07, 6.45) is 1.39. The SMILES string of the molecule is Cc1ccccc1OC(C)CN=C=O. The molecule has 14 heavy (non-hydrogen) atoms. The van der Waals surface area contributed by atoms with Crippen LogP contribution in [0.3, 0.4) is 0 Å². The average molecular weight is 191 g/mol. The highest BCUT2D eigenvalue weighted by Gasteiger charge is 2.04. The van der Waals surface area contributed by atoms with Gasteiger partial charge in [0, 0.05) is 0 Å². The predicted octanol–water partition coefficient (Wildman–Crippen LogP) is 2.10. The minimum atomic E-state index is -0.0995. The van der Waals surface area contributed by atoms with Crippen LogP contribution in [0, 0.1) is 6.92 Å². The summed E-state index contributed by atoms with van der Waals surface area (Å²) in [5.41, 5.74) is 1.08. The molecule has 0 aliphatic heterocycles. The highest BCUT2D eigenvalue weighted by Crippen LogP contribution is 2.17. The molecule has 3 heteroatoms. The van der Waals surface area contributed by atoms with E-state index in [4.69, 9.17) is 4.74 Å². The number of hydrogen-bond acceptors (Lipinski definition) is 3. The van der Waals surface area contributed by atoms with Crippen molar-refractivity contribution in [3.63, 3.8) is 0 Å². The van der Waals surface area contributed by atoms with E-state index in [0.717, 1.165) is 11.3 Å². The Morgan fingerprint density at radius 1 is 1.50 bits per heavy atom. The number of aryl methyl sites for hydroxylation is 1. The third-order valence-electron chi connectivity index (χ3n) is 1.83. The standard InChI is InChI=1S/C11H13NO2/c1-9-5-3-4-6-11(9)14-10(2)7-12-8-13/h3-6,10H,7H2,1-2H3. The van der Waals surface area contributed by atoms with E-state index >= 15 is 0 Å². The molecule has 1 rings (SSSR count). The average Bonchev–Trinajstić information content (AvgIpc) is 2.18. The minimum Gasteiger partial charge on any atom is -0.488 e. The van der Waals surface area contributed by atoms with Crippen molar-refractivity contribution < 1.29 is 9.53 Å². The molecule has 0 heterocycles. The highest BCUT2D eigenvalue weighted by atomic mass is 16.5. The Kier molecular flexibility index (Phi) is 3.89. The second-order valence-corrected chi connectivity index (χ2v) is 3.13. The number of rotatable bonds is 4. The fourth-order valence-electron chi connectivity index (χ4n) is 1.11. The Morgan fingerprint density at radius 2 is 2.21 bits per heavy atom. The lowest BCUT2D eigenvalue weighted by atomic mass is 10.2. The number of carbonyl (C=O) groups excluding carboxylic acids is 1. The maximum atomic E-state index is 9.88. The molecule has 1 aromatic carbocycles. The van der Waals surface area contributed by atoms with E-state index in [2.05, 4.69) is 4.99 Å². The van der Waals surface area contributed by atoms with Gasteiger partial charge >= 0.3 is 0 Å². The molecule has 0 amide bonds. The molecule has 1 aromatic rings. The van der Waals surface area contributed by atoms with Gasteiger partial charge in [0.2, 0.25) is 6.08 Å². The Morgan fingerprint density at radius 3 is 2.86 bits per heavy atom. The van der Waals surface area contributed by atoms with E-state index in [1.54, 1.807) is 0 Å². The first-order valence-electron chi connectivity index (χ1n) is 4.50. The number of para-hydroxylation sites is 1. The van der Waals surface area contributed by atoms with Gasteiger partial charge in [-0.25, -0.2) is 9.79 Å². The van der Waals surface area contributed by atoms with Gasteiger partial charge in [-0.15, -0.1) is 0 Å². The molecule has 0 aromatic heterocycles. The van der Waals surface area contributed by atoms with Crippen LogP contribution in [0.1, 0.15) is 12.5 Å². The number of ether oxygens (including phenoxy) is 1. The van der Waals surface area contributed by atoms with Crippen molar-refractivity contribution in [1.82, 2.24) is 0 Å². The number of hydrogen-bond donors (Lipinski definition) is 0. The lowest BCUT2D eigenvalue weighted by molar-refractivity contribution is 0.229. The molecule has 0 fully saturated rings. The van der Waals surface area contributed by atoms with Gasteiger partial charge in [-0.05, 0) is 25.5 Å². The molecule has 0 radical (unpaired) electrons. The van der Waals surface area contributed by atoms with Gasteiger partial charge < -0.3 is 4.74 Å². The first-order chi connectivity index (χ1) is 6.74. The lowest BCUT2D eigenvalue weighted by Crippen LogP contribution is -2.15. The quantitative estimate of drug-likeness (QED) is 0.540. The van der Waals surface area contributed by atoms with E-state index in [1.807, 2.05) is 38.1 Å². The topological polar surface area (TPSA) is 38.7 Å². The van der Waals surface area contributed by atoms with Gasteiger partial charge in [0.1, 0.15) is 11.9 Å². The van der Waals surface area contributed by atoms with Gasteiger partial charge in [0.15, 0.2) is 0 Å². The summed E-state index contributed by atoms with van der Waals surface area (Å²) in [5.74, 6) is 0.834. The first-order valence-corrected chi connectivity index (χ1v) is 4.50. The third kappa shape index (κ3) is 3.04. The predicted molar refractivity (Wildman–Crippen MR) is 54.3 cm³/mol. The lowest BCUT2D eigenvalue weighted by Gasteiger charge is -2.13. The van der Waals surface area contributed by atoms with Crippen molar-refractivity contribution in [2.24, 2.45) is 4.99 Å². The van der Waals surface area contributed by atoms with Crippen LogP contribution in [0.2, 0.25) is 0 Å². The number of isocyanates is 1. The zero-order valence-electron chi connectivity index (χ0n) is 8.36. The van der Waals surface area contributed by atoms with Crippen molar-refractivity contribution >= 4 is 6.08 Å². The van der Waals surface area contributed by atoms with Crippen LogP contribution in [0.15, 0.2) is 29.3 Å². The molecule has 0 saturated heterocycles. The Labute approximate surface area is 83.4 Å². The maximum absolute atomic E-state index is 9.88. The van der Waals surface area contributed by atoms with E-state index in [1.165, 1.54) is 6.08 Å². The van der Waals surface area contributed by atoms with E-state index in [0.29, 0.717) is 6.54 Å². The summed E-state index contributed by atoms with van der Waals surface area (Å²) in [5, 5.41) is 0. The van der Waals surface area contributed by atoms with Crippen LogP contribution in [-0.4, -0.2) is 18.7 Å². The largest absolute Gasteiger partial charge is 0.488 e. The van der Waals surface area contributed by atoms with Gasteiger partial charge in [0.25, 0.3) is 0 Å². The van der Waals surface area contributed by atoms with Crippen LogP contribution in [-0.2, 0) is 4.79 Å². The Bertz CT molecular complexity index is 343. The number of benzene rings is 1. The van der Waals surface area contributed by atoms with E-state index < -0.39 is 0 Å². The third-order valence-corrected chi connectivity index (χ3v) is 1.83. The van der Waals surface area contributed by atoms with Crippen molar-refractivity contribution in [2.45, 2.75) is 20.0 Å². The number of aliphatic imine (C=N–C) groups is 1. The highest BCUT2D eigenvalue weighted by molar-refractivity contribution is 5.33. The van der Waals surface area contributed by atoms with Crippen molar-refractivity contribution in [3.8, 4) is 5.75 Å². The minimum absolute atomic E-state index is 0.0995. The van der Waals surface area contributed by atoms with Crippen LogP contribution < -0.4 is 4.74 Å². The zero-order valence-corrected chi connectivity index (χ0v) is 8.36. The molecule has 1 atom stereocenters. The smallest absolute Gasteiger partial charge is 0.235 e. The number of nitrogens with zero attached hydrogens (tertiary/aromatic N) is 1. The van der Waals surface area contributed by atoms with Crippen molar-refractivity contribution in [3.05, 3.63) is 29.8 Å². The van der Waals surface area contributed by atoms with Gasteiger partial charge in [-0.2, -0.15) is 0 Å². The molecule has 1 unspecified atom stereocenters. The first kappa shape index (κ1) is 10.5. The summed E-state index contributed by atoms with van der Waals surface area (Å²) >= 11 is 0. The molecule has 0 bridgehead atoms. The monoisotopic (exact) mass is 191 g/mol. The molecule has 0 aliphatic carbocycles. The van der Waals surface area contributed by atoms with E-state index in [-0.39, 0.29) is 6.10 Å². The molecular formula is C11H13NO2. The summed E-state index contributed by atoms with van der Waals surface area (Å²) in [4.78, 5) is 13.3. The van der Waals surface area contributed by atoms with Gasteiger partial charge in [-0.1, -0.05) is 18.2 Å². The van der Waals surface area contributed by atoms with Gasteiger partial charge in [-0.3, -0.25) is 0 Å². The molecule has 0 aliphatic rings. The molecule has 0 N–H and O–H groups in total. The molecular weight excluding hydrogens is 178 g/mol. The molecule has 74 valence electrons. The summed E-state index contributed by atoms with van der Waals surface area (Å²) in [7, 11) is 0. The Balaban J connectivity index is 2.60. The second kappa shape index (κ2) is 5.20. The van der Waals surface area contributed by atoms with Crippen molar-refractivity contribution in [2.75, 3.05) is 6.54 Å². The second-order valence-electron chi connectivity index (χ2n) is 3.13. The fraction of sp³-hybridized carbons (Fsp3) is 0.364. The van der Waals surface area contributed by atoms with Crippen LogP contribution in [0.4, 0.5) is 0 Å².